The number of piperidine rings is 1. The predicted molar refractivity (Wildman–Crippen MR) is 77.0 cm³/mol. The maximum Gasteiger partial charge on any atom is 0.325 e. The first-order chi connectivity index (χ1) is 10.5. The lowest BCUT2D eigenvalue weighted by Gasteiger charge is -2.32. The Labute approximate surface area is 127 Å². The van der Waals surface area contributed by atoms with Gasteiger partial charge in [0.15, 0.2) is 0 Å². The van der Waals surface area contributed by atoms with Crippen molar-refractivity contribution < 1.29 is 14.4 Å². The highest BCUT2D eigenvalue weighted by atomic mass is 16.2. The molecule has 2 N–H and O–H groups in total. The summed E-state index contributed by atoms with van der Waals surface area (Å²) in [6.45, 7) is 2.95. The van der Waals surface area contributed by atoms with Crippen molar-refractivity contribution in [3.63, 3.8) is 0 Å². The van der Waals surface area contributed by atoms with E-state index in [1.165, 1.54) is 0 Å². The number of H-pyrrole nitrogens is 1. The first kappa shape index (κ1) is 14.6. The minimum absolute atomic E-state index is 0.0274. The van der Waals surface area contributed by atoms with Gasteiger partial charge in [-0.1, -0.05) is 0 Å². The summed E-state index contributed by atoms with van der Waals surface area (Å²) < 4.78 is 0. The molecule has 1 aromatic heterocycles. The van der Waals surface area contributed by atoms with E-state index in [2.05, 4.69) is 15.3 Å². The summed E-state index contributed by atoms with van der Waals surface area (Å²) in [7, 11) is 0. The topological polar surface area (TPSA) is 98.4 Å². The Balaban J connectivity index is 1.63. The van der Waals surface area contributed by atoms with E-state index in [0.29, 0.717) is 13.1 Å². The van der Waals surface area contributed by atoms with E-state index in [1.807, 2.05) is 6.92 Å². The molecule has 22 heavy (non-hydrogen) atoms. The molecule has 0 bridgehead atoms. The Morgan fingerprint density at radius 3 is 2.91 bits per heavy atom. The van der Waals surface area contributed by atoms with E-state index in [9.17, 15) is 14.4 Å². The Kier molecular flexibility index (Phi) is 3.82. The van der Waals surface area contributed by atoms with Crippen molar-refractivity contribution in [3.8, 4) is 0 Å². The number of carbonyl (C=O) groups excluding carboxylic acids is 3. The lowest BCUT2D eigenvalue weighted by Crippen LogP contribution is -2.46. The van der Waals surface area contributed by atoms with Gasteiger partial charge in [-0.3, -0.25) is 14.5 Å². The number of rotatable bonds is 3. The van der Waals surface area contributed by atoms with Gasteiger partial charge in [0.1, 0.15) is 12.4 Å². The molecule has 0 aliphatic carbocycles. The van der Waals surface area contributed by atoms with E-state index in [4.69, 9.17) is 0 Å². The van der Waals surface area contributed by atoms with Crippen LogP contribution in [-0.2, 0) is 9.59 Å². The average molecular weight is 305 g/mol. The monoisotopic (exact) mass is 305 g/mol. The molecule has 3 heterocycles. The number of carbonyl (C=O) groups is 3. The Morgan fingerprint density at radius 1 is 1.45 bits per heavy atom. The lowest BCUT2D eigenvalue weighted by atomic mass is 9.97. The summed E-state index contributed by atoms with van der Waals surface area (Å²) in [6, 6.07) is -0.492. The number of aromatic nitrogens is 2. The molecule has 0 aromatic carbocycles. The fourth-order valence-corrected chi connectivity index (χ4v) is 2.92. The van der Waals surface area contributed by atoms with Crippen LogP contribution in [0.2, 0.25) is 0 Å². The van der Waals surface area contributed by atoms with Crippen molar-refractivity contribution in [2.24, 2.45) is 0 Å². The highest BCUT2D eigenvalue weighted by Gasteiger charge is 2.33. The predicted octanol–water partition coefficient (Wildman–Crippen LogP) is -0.0241. The van der Waals surface area contributed by atoms with E-state index >= 15 is 0 Å². The number of aromatic amines is 1. The zero-order valence-corrected chi connectivity index (χ0v) is 12.5. The number of aryl methyl sites for hydroxylation is 1. The number of urea groups is 1. The maximum absolute atomic E-state index is 12.3. The number of nitrogens with zero attached hydrogens (tertiary/aromatic N) is 3. The highest BCUT2D eigenvalue weighted by Crippen LogP contribution is 2.25. The molecule has 0 radical (unpaired) electrons. The SMILES string of the molecule is Cc1cnc([C@@H]2CCCN(C(=O)CN3C(=O)CNC3=O)C2)[nH]1. The largest absolute Gasteiger partial charge is 0.346 e. The number of hydrogen-bond acceptors (Lipinski definition) is 4. The molecule has 0 unspecified atom stereocenters. The second-order valence-corrected chi connectivity index (χ2v) is 5.77. The lowest BCUT2D eigenvalue weighted by molar-refractivity contribution is -0.137. The minimum atomic E-state index is -0.492. The molecule has 8 heteroatoms. The molecule has 4 amide bonds. The van der Waals surface area contributed by atoms with Gasteiger partial charge in [0.25, 0.3) is 5.91 Å². The van der Waals surface area contributed by atoms with Crippen molar-refractivity contribution in [1.82, 2.24) is 25.1 Å². The molecule has 118 valence electrons. The molecular weight excluding hydrogens is 286 g/mol. The summed E-state index contributed by atoms with van der Waals surface area (Å²) in [5, 5.41) is 2.42. The van der Waals surface area contributed by atoms with Crippen LogP contribution in [0.3, 0.4) is 0 Å². The number of nitrogens with one attached hydrogen (secondary N) is 2. The minimum Gasteiger partial charge on any atom is -0.346 e. The number of likely N-dealkylation sites (tertiary alicyclic amines) is 1. The zero-order valence-electron chi connectivity index (χ0n) is 12.5. The third-order valence-electron chi connectivity index (χ3n) is 4.11. The van der Waals surface area contributed by atoms with Gasteiger partial charge >= 0.3 is 6.03 Å². The summed E-state index contributed by atoms with van der Waals surface area (Å²) in [6.07, 6.45) is 3.64. The van der Waals surface area contributed by atoms with Crippen LogP contribution in [-0.4, -0.2) is 63.8 Å². The molecular formula is C14H19N5O3. The standard InChI is InChI=1S/C14H19N5O3/c1-9-5-15-13(17-9)10-3-2-4-18(7-10)12(21)8-19-11(20)6-16-14(19)22/h5,10H,2-4,6-8H2,1H3,(H,15,17)(H,16,22)/t10-/m1/s1. The summed E-state index contributed by atoms with van der Waals surface area (Å²) in [4.78, 5) is 45.6. The Hall–Kier alpha value is -2.38. The number of imide groups is 1. The van der Waals surface area contributed by atoms with Crippen LogP contribution in [0.15, 0.2) is 6.20 Å². The second kappa shape index (κ2) is 5.78. The van der Waals surface area contributed by atoms with Crippen molar-refractivity contribution in [2.75, 3.05) is 26.2 Å². The molecule has 0 spiro atoms. The van der Waals surface area contributed by atoms with Gasteiger partial charge in [-0.25, -0.2) is 9.78 Å². The van der Waals surface area contributed by atoms with Gasteiger partial charge in [0.2, 0.25) is 5.91 Å². The molecule has 0 saturated carbocycles. The van der Waals surface area contributed by atoms with Crippen LogP contribution < -0.4 is 5.32 Å². The Morgan fingerprint density at radius 2 is 2.27 bits per heavy atom. The van der Waals surface area contributed by atoms with Crippen LogP contribution in [0, 0.1) is 6.92 Å². The van der Waals surface area contributed by atoms with Crippen LogP contribution >= 0.6 is 0 Å². The summed E-state index contributed by atoms with van der Waals surface area (Å²) >= 11 is 0. The average Bonchev–Trinajstić information content (AvgIpc) is 3.08. The Bertz CT molecular complexity index is 595. The van der Waals surface area contributed by atoms with Crippen molar-refractivity contribution in [3.05, 3.63) is 17.7 Å². The molecule has 2 fully saturated rings. The number of amides is 4. The fourth-order valence-electron chi connectivity index (χ4n) is 2.92. The van der Waals surface area contributed by atoms with Crippen molar-refractivity contribution in [2.45, 2.75) is 25.7 Å². The van der Waals surface area contributed by atoms with E-state index in [0.717, 1.165) is 29.3 Å². The van der Waals surface area contributed by atoms with E-state index < -0.39 is 6.03 Å². The normalized spacial score (nSPS) is 22.1. The number of hydrogen-bond donors (Lipinski definition) is 2. The highest BCUT2D eigenvalue weighted by molar-refractivity contribution is 6.04. The third-order valence-corrected chi connectivity index (χ3v) is 4.11. The third kappa shape index (κ3) is 2.81. The molecule has 2 saturated heterocycles. The smallest absolute Gasteiger partial charge is 0.325 e. The second-order valence-electron chi connectivity index (χ2n) is 5.77. The van der Waals surface area contributed by atoms with E-state index in [1.54, 1.807) is 11.1 Å². The van der Waals surface area contributed by atoms with Gasteiger partial charge < -0.3 is 15.2 Å². The fraction of sp³-hybridized carbons (Fsp3) is 0.571. The van der Waals surface area contributed by atoms with Crippen LogP contribution in [0.4, 0.5) is 4.79 Å². The number of imidazole rings is 1. The zero-order chi connectivity index (χ0) is 15.7. The first-order valence-corrected chi connectivity index (χ1v) is 7.42. The van der Waals surface area contributed by atoms with Gasteiger partial charge in [0.05, 0.1) is 6.54 Å². The summed E-state index contributed by atoms with van der Waals surface area (Å²) in [5.74, 6) is 0.520. The van der Waals surface area contributed by atoms with Crippen molar-refractivity contribution >= 4 is 17.8 Å². The molecule has 1 aromatic rings. The quantitative estimate of drug-likeness (QED) is 0.766. The van der Waals surface area contributed by atoms with Gasteiger partial charge in [-0.2, -0.15) is 0 Å². The van der Waals surface area contributed by atoms with Gasteiger partial charge in [0, 0.05) is 30.9 Å². The molecule has 3 rings (SSSR count). The molecule has 1 atom stereocenters. The first-order valence-electron chi connectivity index (χ1n) is 7.42. The molecule has 8 nitrogen and oxygen atoms in total. The maximum atomic E-state index is 12.3. The van der Waals surface area contributed by atoms with Crippen LogP contribution in [0.5, 0.6) is 0 Å². The van der Waals surface area contributed by atoms with Crippen molar-refractivity contribution in [1.29, 1.82) is 0 Å². The van der Waals surface area contributed by atoms with Gasteiger partial charge in [-0.05, 0) is 19.8 Å². The molecule has 2 aliphatic rings. The van der Waals surface area contributed by atoms with Crippen LogP contribution in [0.1, 0.15) is 30.3 Å². The van der Waals surface area contributed by atoms with Gasteiger partial charge in [-0.15, -0.1) is 0 Å². The van der Waals surface area contributed by atoms with E-state index in [-0.39, 0.29) is 30.8 Å². The summed E-state index contributed by atoms with van der Waals surface area (Å²) in [5.41, 5.74) is 0.998. The van der Waals surface area contributed by atoms with Crippen LogP contribution in [0.25, 0.3) is 0 Å². The molecule has 2 aliphatic heterocycles.